The molecule has 1 aromatic rings. The number of nitrogens with two attached hydrogens (primary N) is 2. The summed E-state index contributed by atoms with van der Waals surface area (Å²) in [5, 5.41) is 60.9. The Bertz CT molecular complexity index is 2020. The third kappa shape index (κ3) is 25.4. The van der Waals surface area contributed by atoms with Gasteiger partial charge in [0.15, 0.2) is 0 Å². The van der Waals surface area contributed by atoms with Gasteiger partial charge in [-0.25, -0.2) is 4.79 Å². The molecule has 10 atom stereocenters. The second-order valence-corrected chi connectivity index (χ2v) is 18.6. The molecule has 26 nitrogen and oxygen atoms in total. The highest BCUT2D eigenvalue weighted by atomic mass is 16.4. The molecule has 0 bridgehead atoms. The summed E-state index contributed by atoms with van der Waals surface area (Å²) in [4.78, 5) is 142. The molecule has 0 unspecified atom stereocenters. The number of carboxylic acids is 2. The molecule has 0 fully saturated rings. The monoisotopic (exact) mass is 1040 g/mol. The third-order valence-electron chi connectivity index (χ3n) is 10.9. The molecule has 0 aliphatic rings. The molecular weight excluding hydrogens is 959 g/mol. The fourth-order valence-corrected chi connectivity index (χ4v) is 7.00. The van der Waals surface area contributed by atoms with Crippen molar-refractivity contribution in [1.82, 2.24) is 47.9 Å². The number of rotatable bonds is 34. The summed E-state index contributed by atoms with van der Waals surface area (Å²) < 4.78 is 0. The van der Waals surface area contributed by atoms with Crippen molar-refractivity contribution in [1.29, 1.82) is 0 Å². The topological polar surface area (TPSA) is 429 Å². The molecule has 0 spiro atoms. The zero-order valence-electron chi connectivity index (χ0n) is 42.5. The molecule has 73 heavy (non-hydrogen) atoms. The SMILES string of the molecule is CC(C)C[C@H](NC(=O)[C@H](CCCCN)NC(=O)[C@@H](NC(=O)CNC(=O)[C@H](C)NC(=O)CNC(=O)[C@H](Cc1ccccc1)NC(=O)[C@@H](NC(=O)[C@@H](N)CC(C)C)[C@@H](C)O)[C@@H](C)O)C(=O)N[C@@H](CCC(=O)O)C(=O)O. The number of carbonyl (C=O) groups excluding carboxylic acids is 9. The fraction of sp³-hybridized carbons (Fsp3) is 0.638. The maximum absolute atomic E-state index is 13.6. The van der Waals surface area contributed by atoms with E-state index in [-0.39, 0.29) is 37.6 Å². The van der Waals surface area contributed by atoms with E-state index >= 15 is 0 Å². The molecule has 0 heterocycles. The number of benzene rings is 1. The Hall–Kier alpha value is -6.77. The molecular formula is C47H77N11O15. The minimum Gasteiger partial charge on any atom is -0.481 e. The number of unbranched alkanes of at least 4 members (excludes halogenated alkanes) is 1. The van der Waals surface area contributed by atoms with Crippen molar-refractivity contribution in [3.8, 4) is 0 Å². The van der Waals surface area contributed by atoms with Crippen LogP contribution in [0.5, 0.6) is 0 Å². The predicted molar refractivity (Wildman–Crippen MR) is 263 cm³/mol. The van der Waals surface area contributed by atoms with Crippen molar-refractivity contribution in [2.75, 3.05) is 19.6 Å². The second-order valence-electron chi connectivity index (χ2n) is 18.6. The van der Waals surface area contributed by atoms with Crippen LogP contribution in [-0.2, 0) is 59.2 Å². The van der Waals surface area contributed by atoms with Crippen LogP contribution in [0, 0.1) is 11.8 Å². The first-order chi connectivity index (χ1) is 34.2. The van der Waals surface area contributed by atoms with Gasteiger partial charge < -0.3 is 79.7 Å². The number of hydrogen-bond donors (Lipinski definition) is 15. The Morgan fingerprint density at radius 1 is 0.521 bits per heavy atom. The van der Waals surface area contributed by atoms with Gasteiger partial charge in [0.2, 0.25) is 53.2 Å². The number of carboxylic acid groups (broad SMARTS) is 2. The van der Waals surface area contributed by atoms with Gasteiger partial charge in [-0.15, -0.1) is 0 Å². The van der Waals surface area contributed by atoms with Crippen molar-refractivity contribution in [3.63, 3.8) is 0 Å². The van der Waals surface area contributed by atoms with E-state index in [2.05, 4.69) is 47.9 Å². The van der Waals surface area contributed by atoms with Crippen molar-refractivity contribution >= 4 is 65.1 Å². The molecule has 26 heteroatoms. The first kappa shape index (κ1) is 64.2. The van der Waals surface area contributed by atoms with Crippen LogP contribution in [-0.4, -0.2) is 166 Å². The fourth-order valence-electron chi connectivity index (χ4n) is 7.00. The van der Waals surface area contributed by atoms with Crippen LogP contribution in [0.25, 0.3) is 0 Å². The van der Waals surface area contributed by atoms with E-state index in [4.69, 9.17) is 16.6 Å². The number of aliphatic hydroxyl groups is 2. The summed E-state index contributed by atoms with van der Waals surface area (Å²) in [6, 6.07) is -2.47. The number of hydrogen-bond acceptors (Lipinski definition) is 15. The van der Waals surface area contributed by atoms with Gasteiger partial charge in [-0.05, 0) is 83.2 Å². The zero-order chi connectivity index (χ0) is 55.5. The molecule has 1 aromatic carbocycles. The quantitative estimate of drug-likeness (QED) is 0.0294. The lowest BCUT2D eigenvalue weighted by Gasteiger charge is -2.27. The zero-order valence-corrected chi connectivity index (χ0v) is 42.5. The van der Waals surface area contributed by atoms with Gasteiger partial charge in [-0.2, -0.15) is 0 Å². The molecule has 1 rings (SSSR count). The number of aliphatic hydroxyl groups excluding tert-OH is 2. The number of amides is 9. The van der Waals surface area contributed by atoms with E-state index in [0.29, 0.717) is 24.8 Å². The highest BCUT2D eigenvalue weighted by molar-refractivity contribution is 5.97. The normalized spacial score (nSPS) is 15.2. The van der Waals surface area contributed by atoms with Gasteiger partial charge in [-0.3, -0.25) is 47.9 Å². The lowest BCUT2D eigenvalue weighted by Crippen LogP contribution is -2.60. The lowest BCUT2D eigenvalue weighted by molar-refractivity contribution is -0.143. The van der Waals surface area contributed by atoms with Gasteiger partial charge >= 0.3 is 11.9 Å². The Balaban J connectivity index is 2.99. The predicted octanol–water partition coefficient (Wildman–Crippen LogP) is -3.87. The van der Waals surface area contributed by atoms with Crippen LogP contribution < -0.4 is 59.3 Å². The van der Waals surface area contributed by atoms with Crippen LogP contribution in [0.2, 0.25) is 0 Å². The van der Waals surface area contributed by atoms with Crippen molar-refractivity contribution in [3.05, 3.63) is 35.9 Å². The van der Waals surface area contributed by atoms with E-state index in [1.807, 2.05) is 13.8 Å². The average Bonchev–Trinajstić information content (AvgIpc) is 3.30. The molecule has 17 N–H and O–H groups in total. The van der Waals surface area contributed by atoms with Gasteiger partial charge in [0.1, 0.15) is 42.3 Å². The molecule has 0 aromatic heterocycles. The van der Waals surface area contributed by atoms with E-state index in [0.717, 1.165) is 0 Å². The third-order valence-corrected chi connectivity index (χ3v) is 10.9. The molecule has 0 saturated carbocycles. The summed E-state index contributed by atoms with van der Waals surface area (Å²) >= 11 is 0. The molecule has 0 saturated heterocycles. The van der Waals surface area contributed by atoms with Crippen LogP contribution in [0.1, 0.15) is 99.0 Å². The van der Waals surface area contributed by atoms with Crippen molar-refractivity contribution in [2.24, 2.45) is 23.3 Å². The first-order valence-corrected chi connectivity index (χ1v) is 24.1. The number of aliphatic carboxylic acids is 2. The van der Waals surface area contributed by atoms with Crippen LogP contribution in [0.3, 0.4) is 0 Å². The average molecular weight is 1040 g/mol. The minimum atomic E-state index is -1.68. The lowest BCUT2D eigenvalue weighted by atomic mass is 10.0. The molecule has 410 valence electrons. The first-order valence-electron chi connectivity index (χ1n) is 24.1. The van der Waals surface area contributed by atoms with E-state index < -0.39 is 152 Å². The summed E-state index contributed by atoms with van der Waals surface area (Å²) in [7, 11) is 0. The summed E-state index contributed by atoms with van der Waals surface area (Å²) in [6.45, 7) is 9.67. The Kier molecular flexibility index (Phi) is 29.1. The van der Waals surface area contributed by atoms with Gasteiger partial charge in [0, 0.05) is 12.8 Å². The number of carbonyl (C=O) groups is 11. The van der Waals surface area contributed by atoms with E-state index in [1.54, 1.807) is 44.2 Å². The van der Waals surface area contributed by atoms with Crippen LogP contribution in [0.15, 0.2) is 30.3 Å². The van der Waals surface area contributed by atoms with Gasteiger partial charge in [0.05, 0.1) is 31.3 Å². The van der Waals surface area contributed by atoms with Gasteiger partial charge in [-0.1, -0.05) is 58.0 Å². The largest absolute Gasteiger partial charge is 0.481 e. The Morgan fingerprint density at radius 3 is 1.53 bits per heavy atom. The summed E-state index contributed by atoms with van der Waals surface area (Å²) in [5.41, 5.74) is 12.2. The summed E-state index contributed by atoms with van der Waals surface area (Å²) in [6.07, 6.45) is -2.96. The standard InChI is InChI=1S/C47H77N11O15/c1-24(2)19-30(49)41(66)58-39(28(7)60)46(71)56-34(21-29-13-9-8-10-14-29)42(67)51-22-35(61)52-26(5)40(65)50-23-36(62)57-38(27(6)59)45(70)53-31(15-11-12-18-48)43(68)55-33(20-25(3)4)44(69)54-32(47(72)73)16-17-37(63)64/h8-10,13-14,24-28,30-34,38-39,59-60H,11-12,15-23,48-49H2,1-7H3,(H,50,65)(H,51,67)(H,52,61)(H,53,70)(H,54,69)(H,55,68)(H,56,71)(H,57,62)(H,58,66)(H,63,64)(H,72,73)/t26-,27+,28+,30-,31-,32-,33-,34-,38-,39-/m0/s1. The highest BCUT2D eigenvalue weighted by Gasteiger charge is 2.35. The van der Waals surface area contributed by atoms with Crippen LogP contribution >= 0.6 is 0 Å². The Morgan fingerprint density at radius 2 is 1.01 bits per heavy atom. The number of nitrogens with one attached hydrogen (secondary N) is 9. The molecule has 0 aliphatic carbocycles. The van der Waals surface area contributed by atoms with E-state index in [1.165, 1.54) is 20.8 Å². The van der Waals surface area contributed by atoms with Crippen LogP contribution in [0.4, 0.5) is 0 Å². The second kappa shape index (κ2) is 33.1. The molecule has 0 aliphatic heterocycles. The van der Waals surface area contributed by atoms with Crippen molar-refractivity contribution < 1.29 is 73.2 Å². The van der Waals surface area contributed by atoms with Crippen molar-refractivity contribution in [2.45, 2.75) is 160 Å². The van der Waals surface area contributed by atoms with E-state index in [9.17, 15) is 68.1 Å². The smallest absolute Gasteiger partial charge is 0.326 e. The van der Waals surface area contributed by atoms with Gasteiger partial charge in [0.25, 0.3) is 0 Å². The molecule has 9 amide bonds. The highest BCUT2D eigenvalue weighted by Crippen LogP contribution is 2.11. The maximum atomic E-state index is 13.6. The Labute approximate surface area is 424 Å². The maximum Gasteiger partial charge on any atom is 0.326 e. The minimum absolute atomic E-state index is 0.0181. The summed E-state index contributed by atoms with van der Waals surface area (Å²) in [5.74, 6) is -10.9. The molecule has 0 radical (unpaired) electrons.